The van der Waals surface area contributed by atoms with Gasteiger partial charge in [-0.25, -0.2) is 26.6 Å². The second kappa shape index (κ2) is 10.4. The molecule has 0 saturated carbocycles. The molecule has 7 nitrogen and oxygen atoms in total. The van der Waals surface area contributed by atoms with E-state index in [1.807, 2.05) is 0 Å². The summed E-state index contributed by atoms with van der Waals surface area (Å²) >= 11 is 0. The molecular formula is C24H17F8N5O2. The minimum absolute atomic E-state index is 0.0706. The summed E-state index contributed by atoms with van der Waals surface area (Å²) in [6, 6.07) is 5.50. The van der Waals surface area contributed by atoms with Crippen molar-refractivity contribution >= 4 is 11.6 Å². The van der Waals surface area contributed by atoms with E-state index in [9.17, 15) is 39.9 Å². The number of anilines is 1. The highest BCUT2D eigenvalue weighted by atomic mass is 19.4. The predicted octanol–water partition coefficient (Wildman–Crippen LogP) is 5.75. The molecule has 39 heavy (non-hydrogen) atoms. The van der Waals surface area contributed by atoms with Crippen molar-refractivity contribution in [3.63, 3.8) is 0 Å². The molecule has 0 fully saturated rings. The number of alkyl halides is 3. The van der Waals surface area contributed by atoms with E-state index in [0.29, 0.717) is 0 Å². The maximum absolute atomic E-state index is 14.1. The zero-order valence-corrected chi connectivity index (χ0v) is 20.0. The molecule has 206 valence electrons. The van der Waals surface area contributed by atoms with Crippen LogP contribution in [0, 0.1) is 42.9 Å². The summed E-state index contributed by atoms with van der Waals surface area (Å²) in [6.07, 6.45) is -3.21. The smallest absolute Gasteiger partial charge is 0.416 e. The Morgan fingerprint density at radius 3 is 2.23 bits per heavy atom. The Morgan fingerprint density at radius 2 is 1.59 bits per heavy atom. The Kier molecular flexibility index (Phi) is 7.35. The molecule has 0 radical (unpaired) electrons. The lowest BCUT2D eigenvalue weighted by atomic mass is 10.1. The number of rotatable bonds is 7. The van der Waals surface area contributed by atoms with Gasteiger partial charge in [-0.05, 0) is 38.1 Å². The monoisotopic (exact) mass is 559 g/mol. The fraction of sp³-hybridized carbons (Fsp3) is 0.208. The third-order valence-corrected chi connectivity index (χ3v) is 5.63. The van der Waals surface area contributed by atoms with Crippen LogP contribution in [0.25, 0.3) is 0 Å². The molecule has 15 heteroatoms. The topological polar surface area (TPSA) is 74.0 Å². The average Bonchev–Trinajstić information content (AvgIpc) is 3.47. The van der Waals surface area contributed by atoms with E-state index in [0.717, 1.165) is 21.5 Å². The first-order valence-electron chi connectivity index (χ1n) is 11.0. The van der Waals surface area contributed by atoms with E-state index in [4.69, 9.17) is 4.74 Å². The van der Waals surface area contributed by atoms with Crippen molar-refractivity contribution < 1.29 is 44.7 Å². The molecule has 0 bridgehead atoms. The largest absolute Gasteiger partial charge is 0.471 e. The van der Waals surface area contributed by atoms with Gasteiger partial charge in [0, 0.05) is 6.20 Å². The summed E-state index contributed by atoms with van der Waals surface area (Å²) in [5, 5.41) is 10.5. The summed E-state index contributed by atoms with van der Waals surface area (Å²) < 4.78 is 115. The lowest BCUT2D eigenvalue weighted by molar-refractivity contribution is -0.137. The number of halogens is 8. The molecule has 0 aliphatic heterocycles. The Labute approximate surface area is 214 Å². The van der Waals surface area contributed by atoms with Crippen LogP contribution in [-0.4, -0.2) is 25.5 Å². The van der Waals surface area contributed by atoms with Crippen LogP contribution in [0.5, 0.6) is 5.75 Å². The van der Waals surface area contributed by atoms with Gasteiger partial charge in [0.25, 0.3) is 5.91 Å². The molecule has 2 aromatic heterocycles. The number of nitrogens with one attached hydrogen (secondary N) is 1. The number of carbonyl (C=O) groups excluding carboxylic acids is 1. The van der Waals surface area contributed by atoms with Gasteiger partial charge < -0.3 is 10.1 Å². The van der Waals surface area contributed by atoms with Crippen LogP contribution in [0.1, 0.15) is 33.0 Å². The standard InChI is InChI=1S/C24H17F8N5O2/c1-11-22(12(2)37(34-11)9-15-17(25)19(27)21(29)20(28)18(15)26)33-23(38)16-6-7-36(35-16)10-39-14-5-3-4-13(8-14)24(30,31)32/h3-8H,9-10H2,1-2H3,(H,33,38). The lowest BCUT2D eigenvalue weighted by Crippen LogP contribution is -2.16. The first-order valence-corrected chi connectivity index (χ1v) is 11.0. The molecule has 2 aromatic carbocycles. The van der Waals surface area contributed by atoms with Crippen LogP contribution < -0.4 is 10.1 Å². The first-order chi connectivity index (χ1) is 18.3. The Hall–Kier alpha value is -4.43. The van der Waals surface area contributed by atoms with E-state index in [1.54, 1.807) is 0 Å². The Bertz CT molecular complexity index is 1530. The highest BCUT2D eigenvalue weighted by molar-refractivity contribution is 6.03. The molecule has 0 saturated heterocycles. The van der Waals surface area contributed by atoms with E-state index < -0.39 is 58.8 Å². The molecule has 0 atom stereocenters. The van der Waals surface area contributed by atoms with Gasteiger partial charge >= 0.3 is 6.18 Å². The highest BCUT2D eigenvalue weighted by Crippen LogP contribution is 2.31. The van der Waals surface area contributed by atoms with E-state index in [1.165, 1.54) is 38.2 Å². The van der Waals surface area contributed by atoms with Crippen LogP contribution in [0.15, 0.2) is 36.5 Å². The van der Waals surface area contributed by atoms with Crippen molar-refractivity contribution in [2.24, 2.45) is 0 Å². The minimum atomic E-state index is -4.55. The van der Waals surface area contributed by atoms with Gasteiger partial charge in [-0.1, -0.05) is 6.07 Å². The molecule has 0 unspecified atom stereocenters. The number of aryl methyl sites for hydroxylation is 1. The van der Waals surface area contributed by atoms with E-state index in [2.05, 4.69) is 15.5 Å². The van der Waals surface area contributed by atoms with Gasteiger partial charge in [-0.3, -0.25) is 9.48 Å². The highest BCUT2D eigenvalue weighted by Gasteiger charge is 2.31. The van der Waals surface area contributed by atoms with Crippen molar-refractivity contribution in [1.29, 1.82) is 0 Å². The number of ether oxygens (including phenoxy) is 1. The zero-order chi connectivity index (χ0) is 28.6. The Balaban J connectivity index is 1.47. The summed E-state index contributed by atoms with van der Waals surface area (Å²) in [5.74, 6) is -11.3. The SMILES string of the molecule is Cc1nn(Cc2c(F)c(F)c(F)c(F)c2F)c(C)c1NC(=O)c1ccn(COc2cccc(C(F)(F)F)c2)n1. The van der Waals surface area contributed by atoms with Crippen molar-refractivity contribution in [3.05, 3.63) is 93.8 Å². The number of carbonyl (C=O) groups is 1. The van der Waals surface area contributed by atoms with Gasteiger partial charge in [-0.2, -0.15) is 23.4 Å². The number of nitrogens with zero attached hydrogens (tertiary/aromatic N) is 4. The number of aromatic nitrogens is 4. The summed E-state index contributed by atoms with van der Waals surface area (Å²) in [5.41, 5.74) is -1.68. The molecule has 1 amide bonds. The average molecular weight is 559 g/mol. The lowest BCUT2D eigenvalue weighted by Gasteiger charge is -2.10. The van der Waals surface area contributed by atoms with E-state index >= 15 is 0 Å². The molecule has 4 rings (SSSR count). The fourth-order valence-corrected chi connectivity index (χ4v) is 3.61. The van der Waals surface area contributed by atoms with Gasteiger partial charge in [0.2, 0.25) is 5.82 Å². The summed E-state index contributed by atoms with van der Waals surface area (Å²) in [4.78, 5) is 12.7. The number of amides is 1. The van der Waals surface area contributed by atoms with Crippen molar-refractivity contribution in [3.8, 4) is 5.75 Å². The Morgan fingerprint density at radius 1 is 0.949 bits per heavy atom. The predicted molar refractivity (Wildman–Crippen MR) is 119 cm³/mol. The van der Waals surface area contributed by atoms with Crippen LogP contribution in [0.4, 0.5) is 40.8 Å². The van der Waals surface area contributed by atoms with Gasteiger partial charge in [0.05, 0.1) is 34.7 Å². The van der Waals surface area contributed by atoms with Crippen molar-refractivity contribution in [1.82, 2.24) is 19.6 Å². The van der Waals surface area contributed by atoms with Gasteiger partial charge in [0.15, 0.2) is 35.7 Å². The molecule has 0 aliphatic carbocycles. The van der Waals surface area contributed by atoms with Crippen molar-refractivity contribution in [2.75, 3.05) is 5.32 Å². The van der Waals surface area contributed by atoms with E-state index in [-0.39, 0.29) is 35.2 Å². The number of hydrogen-bond acceptors (Lipinski definition) is 4. The summed E-state index contributed by atoms with van der Waals surface area (Å²) in [7, 11) is 0. The minimum Gasteiger partial charge on any atom is -0.471 e. The number of hydrogen-bond donors (Lipinski definition) is 1. The molecule has 0 spiro atoms. The maximum atomic E-state index is 14.1. The van der Waals surface area contributed by atoms with Crippen molar-refractivity contribution in [2.45, 2.75) is 33.3 Å². The fourth-order valence-electron chi connectivity index (χ4n) is 3.61. The van der Waals surface area contributed by atoms with Crippen LogP contribution in [-0.2, 0) is 19.5 Å². The molecular weight excluding hydrogens is 542 g/mol. The number of benzene rings is 2. The molecule has 0 aliphatic rings. The van der Waals surface area contributed by atoms with Crippen LogP contribution in [0.3, 0.4) is 0 Å². The zero-order valence-electron chi connectivity index (χ0n) is 20.0. The quantitative estimate of drug-likeness (QED) is 0.178. The van der Waals surface area contributed by atoms with Crippen LogP contribution in [0.2, 0.25) is 0 Å². The first kappa shape index (κ1) is 27.6. The van der Waals surface area contributed by atoms with Crippen LogP contribution >= 0.6 is 0 Å². The second-order valence-electron chi connectivity index (χ2n) is 8.25. The maximum Gasteiger partial charge on any atom is 0.416 e. The summed E-state index contributed by atoms with van der Waals surface area (Å²) in [6.45, 7) is 1.73. The third-order valence-electron chi connectivity index (χ3n) is 5.63. The van der Waals surface area contributed by atoms with Gasteiger partial charge in [-0.15, -0.1) is 0 Å². The normalized spacial score (nSPS) is 11.6. The molecule has 1 N–H and O–H groups in total. The second-order valence-corrected chi connectivity index (χ2v) is 8.25. The van der Waals surface area contributed by atoms with Gasteiger partial charge in [0.1, 0.15) is 5.75 Å². The third kappa shape index (κ3) is 5.56. The molecule has 2 heterocycles. The molecule has 4 aromatic rings.